The molecule has 1 heterocycles. The first-order valence-electron chi connectivity index (χ1n) is 6.46. The molecular formula is C16H17N. The summed E-state index contributed by atoms with van der Waals surface area (Å²) in [6.45, 7) is 2.52. The van der Waals surface area contributed by atoms with E-state index in [2.05, 4.69) is 54.4 Å². The lowest BCUT2D eigenvalue weighted by molar-refractivity contribution is 0.364. The van der Waals surface area contributed by atoms with E-state index in [1.165, 1.54) is 30.3 Å². The van der Waals surface area contributed by atoms with Gasteiger partial charge in [0.15, 0.2) is 0 Å². The minimum Gasteiger partial charge on any atom is -0.305 e. The average Bonchev–Trinajstić information content (AvgIpc) is 2.92. The zero-order valence-corrected chi connectivity index (χ0v) is 10.2. The number of piperidine rings is 1. The van der Waals surface area contributed by atoms with Crippen LogP contribution in [-0.2, 0) is 5.41 Å². The van der Waals surface area contributed by atoms with E-state index in [-0.39, 0.29) is 0 Å². The van der Waals surface area contributed by atoms with Crippen molar-refractivity contribution in [3.8, 4) is 0 Å². The van der Waals surface area contributed by atoms with Gasteiger partial charge >= 0.3 is 0 Å². The fourth-order valence-corrected chi connectivity index (χ4v) is 3.81. The van der Waals surface area contributed by atoms with Crippen molar-refractivity contribution in [2.75, 3.05) is 20.1 Å². The highest BCUT2D eigenvalue weighted by Gasteiger charge is 2.60. The standard InChI is InChI=1S/C16H17N/c1-17-10-13-9-16(13,11-17)15-8-4-6-12-5-2-3-7-14(12)15/h2-8,13H,9-11H2,1H3/t13-,16-/m1/s1. The number of nitrogens with zero attached hydrogens (tertiary/aromatic N) is 1. The summed E-state index contributed by atoms with van der Waals surface area (Å²) < 4.78 is 0. The van der Waals surface area contributed by atoms with Gasteiger partial charge in [-0.15, -0.1) is 0 Å². The van der Waals surface area contributed by atoms with Crippen molar-refractivity contribution in [3.05, 3.63) is 48.0 Å². The lowest BCUT2D eigenvalue weighted by Gasteiger charge is -2.18. The quantitative estimate of drug-likeness (QED) is 0.718. The van der Waals surface area contributed by atoms with Gasteiger partial charge in [-0.25, -0.2) is 0 Å². The van der Waals surface area contributed by atoms with Crippen LogP contribution in [-0.4, -0.2) is 25.0 Å². The molecule has 0 radical (unpaired) electrons. The Labute approximate surface area is 102 Å². The van der Waals surface area contributed by atoms with Gasteiger partial charge in [-0.3, -0.25) is 0 Å². The molecule has 1 heteroatoms. The van der Waals surface area contributed by atoms with Crippen LogP contribution in [0.3, 0.4) is 0 Å². The molecule has 86 valence electrons. The second-order valence-electron chi connectivity index (χ2n) is 5.78. The molecule has 0 aromatic heterocycles. The summed E-state index contributed by atoms with van der Waals surface area (Å²) in [6.07, 6.45) is 1.39. The maximum Gasteiger partial charge on any atom is 0.0130 e. The van der Waals surface area contributed by atoms with E-state index in [9.17, 15) is 0 Å². The topological polar surface area (TPSA) is 3.24 Å². The third-order valence-electron chi connectivity index (χ3n) is 4.64. The SMILES string of the molecule is CN1C[C@H]2C[C@@]2(c2cccc3ccccc23)C1. The molecule has 2 atom stereocenters. The number of likely N-dealkylation sites (N-methyl/N-ethyl adjacent to an activating group) is 1. The van der Waals surface area contributed by atoms with Gasteiger partial charge in [0.05, 0.1) is 0 Å². The van der Waals surface area contributed by atoms with E-state index < -0.39 is 0 Å². The van der Waals surface area contributed by atoms with Crippen molar-refractivity contribution < 1.29 is 0 Å². The van der Waals surface area contributed by atoms with E-state index in [1.807, 2.05) is 0 Å². The molecule has 1 aliphatic heterocycles. The fourth-order valence-electron chi connectivity index (χ4n) is 3.81. The molecule has 0 unspecified atom stereocenters. The Hall–Kier alpha value is -1.34. The first kappa shape index (κ1) is 9.67. The lowest BCUT2D eigenvalue weighted by Crippen LogP contribution is -2.22. The zero-order chi connectivity index (χ0) is 11.5. The minimum absolute atomic E-state index is 0.482. The van der Waals surface area contributed by atoms with Crippen molar-refractivity contribution in [2.24, 2.45) is 5.92 Å². The normalized spacial score (nSPS) is 31.7. The Morgan fingerprint density at radius 2 is 1.94 bits per heavy atom. The molecule has 2 aliphatic rings. The van der Waals surface area contributed by atoms with Gasteiger partial charge in [0, 0.05) is 18.5 Å². The van der Waals surface area contributed by atoms with Crippen LogP contribution in [0, 0.1) is 5.92 Å². The van der Waals surface area contributed by atoms with Gasteiger partial charge in [0.1, 0.15) is 0 Å². The number of rotatable bonds is 1. The van der Waals surface area contributed by atoms with Crippen molar-refractivity contribution in [1.29, 1.82) is 0 Å². The van der Waals surface area contributed by atoms with Gasteiger partial charge in [-0.2, -0.15) is 0 Å². The number of fused-ring (bicyclic) bond motifs is 2. The highest BCUT2D eigenvalue weighted by atomic mass is 15.2. The molecule has 1 saturated heterocycles. The smallest absolute Gasteiger partial charge is 0.0130 e. The maximum absolute atomic E-state index is 2.48. The van der Waals surface area contributed by atoms with Gasteiger partial charge in [0.25, 0.3) is 0 Å². The first-order valence-corrected chi connectivity index (χ1v) is 6.46. The monoisotopic (exact) mass is 223 g/mol. The van der Waals surface area contributed by atoms with Crippen LogP contribution in [0.2, 0.25) is 0 Å². The van der Waals surface area contributed by atoms with Crippen LogP contribution in [0.5, 0.6) is 0 Å². The summed E-state index contributed by atoms with van der Waals surface area (Å²) in [7, 11) is 2.25. The fraction of sp³-hybridized carbons (Fsp3) is 0.375. The van der Waals surface area contributed by atoms with Gasteiger partial charge in [0.2, 0.25) is 0 Å². The van der Waals surface area contributed by atoms with E-state index >= 15 is 0 Å². The van der Waals surface area contributed by atoms with Gasteiger partial charge < -0.3 is 4.90 Å². The second-order valence-corrected chi connectivity index (χ2v) is 5.78. The van der Waals surface area contributed by atoms with Crippen LogP contribution >= 0.6 is 0 Å². The molecule has 2 aromatic rings. The van der Waals surface area contributed by atoms with Crippen molar-refractivity contribution in [2.45, 2.75) is 11.8 Å². The zero-order valence-electron chi connectivity index (χ0n) is 10.2. The summed E-state index contributed by atoms with van der Waals surface area (Å²) in [6, 6.07) is 15.6. The molecule has 0 amide bonds. The number of hydrogen-bond donors (Lipinski definition) is 0. The number of likely N-dealkylation sites (tertiary alicyclic amines) is 1. The van der Waals surface area contributed by atoms with Crippen molar-refractivity contribution in [3.63, 3.8) is 0 Å². The largest absolute Gasteiger partial charge is 0.305 e. The Bertz CT molecular complexity index is 584. The van der Waals surface area contributed by atoms with Crippen molar-refractivity contribution in [1.82, 2.24) is 4.90 Å². The van der Waals surface area contributed by atoms with Gasteiger partial charge in [-0.05, 0) is 35.7 Å². The highest BCUT2D eigenvalue weighted by Crippen LogP contribution is 2.59. The molecule has 2 fully saturated rings. The minimum atomic E-state index is 0.482. The van der Waals surface area contributed by atoms with Gasteiger partial charge in [-0.1, -0.05) is 42.5 Å². The van der Waals surface area contributed by atoms with Crippen LogP contribution in [0.1, 0.15) is 12.0 Å². The Morgan fingerprint density at radius 3 is 2.76 bits per heavy atom. The van der Waals surface area contributed by atoms with E-state index in [4.69, 9.17) is 0 Å². The predicted octanol–water partition coefficient (Wildman–Crippen LogP) is 3.04. The average molecular weight is 223 g/mol. The highest BCUT2D eigenvalue weighted by molar-refractivity contribution is 5.87. The summed E-state index contributed by atoms with van der Waals surface area (Å²) in [4.78, 5) is 2.48. The first-order chi connectivity index (χ1) is 8.29. The van der Waals surface area contributed by atoms with Crippen LogP contribution in [0.25, 0.3) is 10.8 Å². The Balaban J connectivity index is 1.92. The lowest BCUT2D eigenvalue weighted by atomic mass is 9.90. The molecule has 4 rings (SSSR count). The summed E-state index contributed by atoms with van der Waals surface area (Å²) in [5.41, 5.74) is 2.07. The van der Waals surface area contributed by atoms with Crippen LogP contribution in [0.4, 0.5) is 0 Å². The molecule has 0 bridgehead atoms. The van der Waals surface area contributed by atoms with E-state index in [0.717, 1.165) is 5.92 Å². The molecule has 17 heavy (non-hydrogen) atoms. The maximum atomic E-state index is 2.48. The predicted molar refractivity (Wildman–Crippen MR) is 71.2 cm³/mol. The van der Waals surface area contributed by atoms with E-state index in [1.54, 1.807) is 5.56 Å². The summed E-state index contributed by atoms with van der Waals surface area (Å²) in [5, 5.41) is 2.85. The molecule has 1 aliphatic carbocycles. The number of benzene rings is 2. The van der Waals surface area contributed by atoms with Crippen LogP contribution in [0.15, 0.2) is 42.5 Å². The molecule has 2 aromatic carbocycles. The molecule has 1 saturated carbocycles. The number of hydrogen-bond acceptors (Lipinski definition) is 1. The summed E-state index contributed by atoms with van der Waals surface area (Å²) in [5.74, 6) is 0.901. The van der Waals surface area contributed by atoms with Crippen molar-refractivity contribution >= 4 is 10.8 Å². The van der Waals surface area contributed by atoms with E-state index in [0.29, 0.717) is 5.41 Å². The Kier molecular flexibility index (Phi) is 1.77. The second kappa shape index (κ2) is 3.11. The third-order valence-corrected chi connectivity index (χ3v) is 4.64. The molecule has 0 N–H and O–H groups in total. The molecule has 0 spiro atoms. The van der Waals surface area contributed by atoms with Crippen LogP contribution < -0.4 is 0 Å². The molecular weight excluding hydrogens is 206 g/mol. The third kappa shape index (κ3) is 1.23. The summed E-state index contributed by atoms with van der Waals surface area (Å²) >= 11 is 0. The Morgan fingerprint density at radius 1 is 1.12 bits per heavy atom. The molecule has 1 nitrogen and oxygen atoms in total.